The van der Waals surface area contributed by atoms with E-state index in [1.54, 1.807) is 17.1 Å². The van der Waals surface area contributed by atoms with Crippen LogP contribution >= 0.6 is 0 Å². The van der Waals surface area contributed by atoms with Crippen LogP contribution in [-0.4, -0.2) is 20.7 Å². The molecule has 1 aliphatic rings. The van der Waals surface area contributed by atoms with Gasteiger partial charge in [0.25, 0.3) is 0 Å². The van der Waals surface area contributed by atoms with Crippen LogP contribution in [0.2, 0.25) is 0 Å². The van der Waals surface area contributed by atoms with E-state index in [1.807, 2.05) is 13.1 Å². The monoisotopic (exact) mass is 272 g/mol. The Bertz CT molecular complexity index is 640. The summed E-state index contributed by atoms with van der Waals surface area (Å²) < 4.78 is 1.75. The standard InChI is InChI=1S/C15H20N4O/c1-15(5-3-4-6-15)14(20)17-9-11-7-12-10-18-19(2)13(12)16-8-11/h7-8,10H,3-6,9H2,1-2H3,(H,17,20). The molecule has 20 heavy (non-hydrogen) atoms. The summed E-state index contributed by atoms with van der Waals surface area (Å²) in [5.41, 5.74) is 1.70. The number of aryl methyl sites for hydroxylation is 1. The van der Waals surface area contributed by atoms with Gasteiger partial charge in [-0.25, -0.2) is 4.98 Å². The summed E-state index contributed by atoms with van der Waals surface area (Å²) in [6.45, 7) is 2.60. The van der Waals surface area contributed by atoms with E-state index in [0.29, 0.717) is 6.54 Å². The highest BCUT2D eigenvalue weighted by Crippen LogP contribution is 2.37. The average molecular weight is 272 g/mol. The fraction of sp³-hybridized carbons (Fsp3) is 0.533. The lowest BCUT2D eigenvalue weighted by molar-refractivity contribution is -0.130. The van der Waals surface area contributed by atoms with E-state index in [9.17, 15) is 4.79 Å². The van der Waals surface area contributed by atoms with Crippen molar-refractivity contribution in [3.63, 3.8) is 0 Å². The van der Waals surface area contributed by atoms with Gasteiger partial charge in [0.2, 0.25) is 5.91 Å². The van der Waals surface area contributed by atoms with Crippen LogP contribution < -0.4 is 5.32 Å². The van der Waals surface area contributed by atoms with Crippen molar-refractivity contribution in [3.8, 4) is 0 Å². The Morgan fingerprint density at radius 3 is 2.90 bits per heavy atom. The zero-order valence-electron chi connectivity index (χ0n) is 12.0. The number of carbonyl (C=O) groups is 1. The molecule has 5 heteroatoms. The van der Waals surface area contributed by atoms with Crippen LogP contribution in [0.5, 0.6) is 0 Å². The zero-order chi connectivity index (χ0) is 14.2. The van der Waals surface area contributed by atoms with Gasteiger partial charge < -0.3 is 5.32 Å². The van der Waals surface area contributed by atoms with E-state index in [0.717, 1.165) is 42.3 Å². The Labute approximate surface area is 118 Å². The number of aromatic nitrogens is 3. The highest BCUT2D eigenvalue weighted by molar-refractivity contribution is 5.82. The lowest BCUT2D eigenvalue weighted by atomic mass is 9.88. The first-order valence-electron chi connectivity index (χ1n) is 7.13. The molecule has 106 valence electrons. The molecule has 0 spiro atoms. The number of amides is 1. The minimum atomic E-state index is -0.175. The molecule has 2 aromatic heterocycles. The molecule has 0 radical (unpaired) electrons. The van der Waals surface area contributed by atoms with Crippen molar-refractivity contribution in [1.29, 1.82) is 0 Å². The molecule has 2 aromatic rings. The van der Waals surface area contributed by atoms with Crippen LogP contribution in [0.15, 0.2) is 18.5 Å². The van der Waals surface area contributed by atoms with Gasteiger partial charge in [0.1, 0.15) is 0 Å². The zero-order valence-corrected chi connectivity index (χ0v) is 12.0. The molecule has 1 fully saturated rings. The molecule has 2 heterocycles. The van der Waals surface area contributed by atoms with Crippen molar-refractivity contribution in [2.45, 2.75) is 39.2 Å². The second-order valence-electron chi connectivity index (χ2n) is 5.98. The molecule has 1 aliphatic carbocycles. The van der Waals surface area contributed by atoms with Gasteiger partial charge in [-0.15, -0.1) is 0 Å². The van der Waals surface area contributed by atoms with E-state index < -0.39 is 0 Å². The maximum atomic E-state index is 12.3. The van der Waals surface area contributed by atoms with Crippen LogP contribution in [0.3, 0.4) is 0 Å². The highest BCUT2D eigenvalue weighted by Gasteiger charge is 2.35. The van der Waals surface area contributed by atoms with E-state index in [1.165, 1.54) is 0 Å². The third-order valence-corrected chi connectivity index (χ3v) is 4.34. The van der Waals surface area contributed by atoms with Gasteiger partial charge in [-0.2, -0.15) is 5.10 Å². The van der Waals surface area contributed by atoms with E-state index >= 15 is 0 Å². The second kappa shape index (κ2) is 4.89. The predicted octanol–water partition coefficient (Wildman–Crippen LogP) is 2.16. The average Bonchev–Trinajstić information content (AvgIpc) is 3.04. The van der Waals surface area contributed by atoms with Gasteiger partial charge in [0.15, 0.2) is 5.65 Å². The molecule has 1 amide bonds. The number of pyridine rings is 1. The van der Waals surface area contributed by atoms with E-state index in [4.69, 9.17) is 0 Å². The molecule has 0 atom stereocenters. The third kappa shape index (κ3) is 2.28. The number of nitrogens with one attached hydrogen (secondary N) is 1. The van der Waals surface area contributed by atoms with Crippen LogP contribution in [0.4, 0.5) is 0 Å². The van der Waals surface area contributed by atoms with Crippen LogP contribution in [0.25, 0.3) is 11.0 Å². The number of fused-ring (bicyclic) bond motifs is 1. The molecule has 3 rings (SSSR count). The molecule has 0 bridgehead atoms. The van der Waals surface area contributed by atoms with Crippen LogP contribution in [0.1, 0.15) is 38.2 Å². The number of rotatable bonds is 3. The highest BCUT2D eigenvalue weighted by atomic mass is 16.2. The summed E-state index contributed by atoms with van der Waals surface area (Å²) in [5.74, 6) is 0.168. The lowest BCUT2D eigenvalue weighted by Crippen LogP contribution is -2.36. The Morgan fingerprint density at radius 1 is 1.40 bits per heavy atom. The minimum Gasteiger partial charge on any atom is -0.351 e. The Hall–Kier alpha value is -1.91. The van der Waals surface area contributed by atoms with Crippen LogP contribution in [-0.2, 0) is 18.4 Å². The normalized spacial score (nSPS) is 17.5. The van der Waals surface area contributed by atoms with Gasteiger partial charge in [-0.3, -0.25) is 9.48 Å². The molecule has 0 unspecified atom stereocenters. The van der Waals surface area contributed by atoms with Gasteiger partial charge in [0, 0.05) is 30.6 Å². The second-order valence-corrected chi connectivity index (χ2v) is 5.98. The van der Waals surface area contributed by atoms with Gasteiger partial charge in [0.05, 0.1) is 6.20 Å². The molecule has 0 aliphatic heterocycles. The SMILES string of the molecule is Cn1ncc2cc(CNC(=O)C3(C)CCCC3)cnc21. The molecular weight excluding hydrogens is 252 g/mol. The van der Waals surface area contributed by atoms with Crippen molar-refractivity contribution >= 4 is 16.9 Å². The van der Waals surface area contributed by atoms with Crippen molar-refractivity contribution in [2.24, 2.45) is 12.5 Å². The Morgan fingerprint density at radius 2 is 2.15 bits per heavy atom. The summed E-state index contributed by atoms with van der Waals surface area (Å²) in [4.78, 5) is 16.6. The smallest absolute Gasteiger partial charge is 0.226 e. The lowest BCUT2D eigenvalue weighted by Gasteiger charge is -2.22. The maximum absolute atomic E-state index is 12.3. The van der Waals surface area contributed by atoms with Gasteiger partial charge in [-0.05, 0) is 24.5 Å². The van der Waals surface area contributed by atoms with Crippen molar-refractivity contribution in [1.82, 2.24) is 20.1 Å². The van der Waals surface area contributed by atoms with E-state index in [-0.39, 0.29) is 11.3 Å². The summed E-state index contributed by atoms with van der Waals surface area (Å²) in [7, 11) is 1.87. The quantitative estimate of drug-likeness (QED) is 0.931. The molecule has 0 aromatic carbocycles. The first-order valence-corrected chi connectivity index (χ1v) is 7.13. The number of hydrogen-bond donors (Lipinski definition) is 1. The predicted molar refractivity (Wildman–Crippen MR) is 76.9 cm³/mol. The molecule has 0 saturated heterocycles. The van der Waals surface area contributed by atoms with Crippen molar-refractivity contribution < 1.29 is 4.79 Å². The third-order valence-electron chi connectivity index (χ3n) is 4.34. The summed E-state index contributed by atoms with van der Waals surface area (Å²) in [6, 6.07) is 2.03. The largest absolute Gasteiger partial charge is 0.351 e. The minimum absolute atomic E-state index is 0.168. The summed E-state index contributed by atoms with van der Waals surface area (Å²) in [6.07, 6.45) is 7.92. The first kappa shape index (κ1) is 13.1. The van der Waals surface area contributed by atoms with Crippen molar-refractivity contribution in [3.05, 3.63) is 24.0 Å². The Balaban J connectivity index is 1.69. The molecule has 5 nitrogen and oxygen atoms in total. The van der Waals surface area contributed by atoms with Gasteiger partial charge in [-0.1, -0.05) is 19.8 Å². The molecular formula is C15H20N4O. The van der Waals surface area contributed by atoms with E-state index in [2.05, 4.69) is 22.3 Å². The molecule has 1 saturated carbocycles. The summed E-state index contributed by atoms with van der Waals surface area (Å²) in [5, 5.41) is 8.23. The van der Waals surface area contributed by atoms with Gasteiger partial charge >= 0.3 is 0 Å². The first-order chi connectivity index (χ1) is 9.58. The Kier molecular flexibility index (Phi) is 3.20. The van der Waals surface area contributed by atoms with Crippen molar-refractivity contribution in [2.75, 3.05) is 0 Å². The fourth-order valence-corrected chi connectivity index (χ4v) is 2.96. The topological polar surface area (TPSA) is 59.8 Å². The number of carbonyl (C=O) groups excluding carboxylic acids is 1. The fourth-order valence-electron chi connectivity index (χ4n) is 2.96. The maximum Gasteiger partial charge on any atom is 0.226 e. The summed E-state index contributed by atoms with van der Waals surface area (Å²) >= 11 is 0. The molecule has 1 N–H and O–H groups in total. The number of hydrogen-bond acceptors (Lipinski definition) is 3. The number of nitrogens with zero attached hydrogens (tertiary/aromatic N) is 3. The van der Waals surface area contributed by atoms with Crippen LogP contribution in [0, 0.1) is 5.41 Å².